The monoisotopic (exact) mass is 512 g/mol. The number of anilines is 1. The van der Waals surface area contributed by atoms with Crippen LogP contribution in [0.4, 0.5) is 5.69 Å². The molecule has 0 saturated carbocycles. The lowest BCUT2D eigenvalue weighted by molar-refractivity contribution is -0.163. The Kier molecular flexibility index (Phi) is 3.92. The smallest absolute Gasteiger partial charge is 0.263 e. The molecule has 3 aromatic rings. The van der Waals surface area contributed by atoms with Crippen molar-refractivity contribution in [2.24, 2.45) is 0 Å². The summed E-state index contributed by atoms with van der Waals surface area (Å²) in [4.78, 5) is 32.2. The van der Waals surface area contributed by atoms with Gasteiger partial charge in [-0.1, -0.05) is 58.0 Å². The van der Waals surface area contributed by atoms with E-state index in [0.29, 0.717) is 12.1 Å². The van der Waals surface area contributed by atoms with Gasteiger partial charge in [0.05, 0.1) is 11.1 Å². The third kappa shape index (κ3) is 2.08. The van der Waals surface area contributed by atoms with Crippen molar-refractivity contribution in [1.29, 1.82) is 0 Å². The molecule has 34 heavy (non-hydrogen) atoms. The van der Waals surface area contributed by atoms with Crippen molar-refractivity contribution in [3.63, 3.8) is 0 Å². The van der Waals surface area contributed by atoms with Crippen molar-refractivity contribution < 1.29 is 18.4 Å². The highest BCUT2D eigenvalue weighted by atomic mass is 33.1. The van der Waals surface area contributed by atoms with Crippen LogP contribution in [-0.4, -0.2) is 58.3 Å². The number of H-pyrrole nitrogens is 1. The third-order valence-corrected chi connectivity index (χ3v) is 12.3. The van der Waals surface area contributed by atoms with Crippen LogP contribution < -0.4 is 4.31 Å². The van der Waals surface area contributed by atoms with Crippen molar-refractivity contribution in [1.82, 2.24) is 14.8 Å². The van der Waals surface area contributed by atoms with E-state index in [4.69, 9.17) is 0 Å². The van der Waals surface area contributed by atoms with Crippen LogP contribution in [0.1, 0.15) is 24.5 Å². The van der Waals surface area contributed by atoms with E-state index in [1.54, 1.807) is 23.8 Å². The Labute approximate surface area is 205 Å². The molecule has 2 N–H and O–H groups in total. The molecule has 4 fully saturated rings. The number of fused-ring (bicyclic) bond motifs is 6. The molecule has 1 unspecified atom stereocenters. The van der Waals surface area contributed by atoms with Gasteiger partial charge in [0.25, 0.3) is 23.1 Å². The molecular weight excluding hydrogens is 492 g/mol. The van der Waals surface area contributed by atoms with E-state index in [-0.39, 0.29) is 11.8 Å². The van der Waals surface area contributed by atoms with Crippen molar-refractivity contribution in [3.8, 4) is 0 Å². The highest BCUT2D eigenvalue weighted by Crippen LogP contribution is 2.71. The van der Waals surface area contributed by atoms with Gasteiger partial charge in [0.15, 0.2) is 9.74 Å². The number of hydrogen-bond acceptors (Lipinski definition) is 5. The lowest BCUT2D eigenvalue weighted by Gasteiger charge is -2.57. The van der Waals surface area contributed by atoms with Gasteiger partial charge in [-0.2, -0.15) is 0 Å². The van der Waals surface area contributed by atoms with Crippen LogP contribution in [0, 0.1) is 0 Å². The summed E-state index contributed by atoms with van der Waals surface area (Å²) in [6.07, 6.45) is 1.41. The molecule has 2 aromatic carbocycles. The largest absolute Gasteiger partial charge is 0.361 e. The zero-order chi connectivity index (χ0) is 23.6. The summed E-state index contributed by atoms with van der Waals surface area (Å²) in [7, 11) is 4.48. The van der Waals surface area contributed by atoms with Crippen LogP contribution in [0.5, 0.6) is 0 Å². The molecule has 8 rings (SSSR count). The van der Waals surface area contributed by atoms with E-state index in [2.05, 4.69) is 4.98 Å². The van der Waals surface area contributed by atoms with Gasteiger partial charge in [0.2, 0.25) is 0 Å². The first kappa shape index (κ1) is 20.9. The molecule has 4 saturated heterocycles. The lowest BCUT2D eigenvalue weighted by Crippen LogP contribution is -2.76. The summed E-state index contributed by atoms with van der Waals surface area (Å²) in [6, 6.07) is 15.4. The fraction of sp³-hybridized carbons (Fsp3) is 0.304. The number of aromatic amines is 1. The van der Waals surface area contributed by atoms with Crippen LogP contribution in [0.2, 0.25) is 0 Å². The summed E-state index contributed by atoms with van der Waals surface area (Å²) in [5, 5.41) is 0.968. The summed E-state index contributed by atoms with van der Waals surface area (Å²) < 4.78 is 24.8. The minimum absolute atomic E-state index is 0.145. The predicted octanol–water partition coefficient (Wildman–Crippen LogP) is 3.25. The zero-order valence-electron chi connectivity index (χ0n) is 18.2. The van der Waals surface area contributed by atoms with Gasteiger partial charge in [-0.3, -0.25) is 19.0 Å². The van der Waals surface area contributed by atoms with Crippen molar-refractivity contribution in [3.05, 3.63) is 65.9 Å². The minimum Gasteiger partial charge on any atom is -0.361 e. The maximum atomic E-state index is 14.1. The van der Waals surface area contributed by atoms with E-state index in [1.807, 2.05) is 54.7 Å². The second-order valence-corrected chi connectivity index (χ2v) is 13.0. The lowest BCUT2D eigenvalue weighted by atomic mass is 9.72. The highest BCUT2D eigenvalue weighted by molar-refractivity contribution is 8.78. The topological polar surface area (TPSA) is 96.9 Å². The average Bonchev–Trinajstić information content (AvgIpc) is 3.47. The number of para-hydroxylation sites is 2. The molecule has 5 atom stereocenters. The number of rotatable bonds is 2. The zero-order valence-corrected chi connectivity index (χ0v) is 20.7. The molecule has 1 spiro atoms. The Balaban J connectivity index is 1.60. The van der Waals surface area contributed by atoms with Gasteiger partial charge < -0.3 is 9.88 Å². The predicted molar refractivity (Wildman–Crippen MR) is 133 cm³/mol. The molecule has 2 amide bonds. The molecule has 5 aliphatic rings. The van der Waals surface area contributed by atoms with Gasteiger partial charge >= 0.3 is 0 Å². The number of amides is 2. The van der Waals surface area contributed by atoms with Gasteiger partial charge in [-0.15, -0.1) is 0 Å². The summed E-state index contributed by atoms with van der Waals surface area (Å²) in [5.74, 6) is -0.360. The molecule has 11 heteroatoms. The van der Waals surface area contributed by atoms with E-state index in [1.165, 1.54) is 25.9 Å². The quantitative estimate of drug-likeness (QED) is 0.404. The standard InChI is InChI=1S/C23H20N4O4S3/c1-21-19(28)26-18-22(12-23(26,33-32-21)20(29)25(21)2,15-11-24-16-9-5-3-7-13(15)16)14-8-4-6-10-17(14)27(18)34(30)31/h3-11,18,24H,12H2,1-2H3,(H,30,31)/t18-,21-,22+,23+/m0/s1. The first-order valence-electron chi connectivity index (χ1n) is 10.8. The van der Waals surface area contributed by atoms with E-state index in [0.717, 1.165) is 22.0 Å². The molecule has 2 bridgehead atoms. The molecule has 0 radical (unpaired) electrons. The molecule has 174 valence electrons. The van der Waals surface area contributed by atoms with Gasteiger partial charge in [-0.05, 0) is 30.2 Å². The van der Waals surface area contributed by atoms with Crippen molar-refractivity contribution in [2.45, 2.75) is 34.7 Å². The van der Waals surface area contributed by atoms with E-state index >= 15 is 0 Å². The van der Waals surface area contributed by atoms with E-state index in [9.17, 15) is 18.4 Å². The molecule has 0 aliphatic carbocycles. The van der Waals surface area contributed by atoms with Crippen LogP contribution in [0.3, 0.4) is 0 Å². The fourth-order valence-electron chi connectivity index (χ4n) is 6.30. The van der Waals surface area contributed by atoms with Crippen LogP contribution in [-0.2, 0) is 26.3 Å². The molecule has 6 heterocycles. The van der Waals surface area contributed by atoms with Crippen LogP contribution in [0.25, 0.3) is 10.9 Å². The molecular formula is C23H20N4O4S3. The minimum atomic E-state index is -2.41. The molecule has 5 aliphatic heterocycles. The Bertz CT molecular complexity index is 1460. The summed E-state index contributed by atoms with van der Waals surface area (Å²) in [6.45, 7) is 1.75. The molecule has 8 nitrogen and oxygen atoms in total. The van der Waals surface area contributed by atoms with Gasteiger partial charge in [0.1, 0.15) is 6.17 Å². The van der Waals surface area contributed by atoms with Gasteiger partial charge in [-0.25, -0.2) is 8.51 Å². The second kappa shape index (κ2) is 6.39. The van der Waals surface area contributed by atoms with Crippen molar-refractivity contribution in [2.75, 3.05) is 11.4 Å². The average molecular weight is 513 g/mol. The van der Waals surface area contributed by atoms with Crippen LogP contribution >= 0.6 is 21.6 Å². The summed E-state index contributed by atoms with van der Waals surface area (Å²) >= 11 is -2.41. The third-order valence-electron chi connectivity index (χ3n) is 7.91. The number of piperazine rings is 1. The summed E-state index contributed by atoms with van der Waals surface area (Å²) in [5.41, 5.74) is 2.41. The molecule has 1 aromatic heterocycles. The van der Waals surface area contributed by atoms with Gasteiger partial charge in [0, 0.05) is 30.6 Å². The SMILES string of the molecule is CN1C(=O)[C@]23C[C@]4(c5c[nH]c6ccccc56)c5ccccc5N(S(=O)O)[C@@H]4N2C(=O)[C@]1(C)SS3. The number of nitrogens with one attached hydrogen (secondary N) is 1. The van der Waals surface area contributed by atoms with E-state index < -0.39 is 32.6 Å². The Hall–Kier alpha value is -2.47. The van der Waals surface area contributed by atoms with Crippen LogP contribution in [0.15, 0.2) is 54.7 Å². The number of carbonyl (C=O) groups excluding carboxylic acids is 2. The maximum Gasteiger partial charge on any atom is 0.263 e. The Morgan fingerprint density at radius 1 is 1.06 bits per heavy atom. The number of benzene rings is 2. The number of likely N-dealkylation sites (N-methyl/N-ethyl adjacent to an activating group) is 1. The fourth-order valence-corrected chi connectivity index (χ4v) is 10.6. The number of nitrogens with zero attached hydrogens (tertiary/aromatic N) is 3. The Morgan fingerprint density at radius 2 is 1.79 bits per heavy atom. The number of aromatic nitrogens is 1. The second-order valence-electron chi connectivity index (χ2n) is 9.32. The first-order chi connectivity index (χ1) is 16.3. The number of hydrogen-bond donors (Lipinski definition) is 2. The van der Waals surface area contributed by atoms with Crippen molar-refractivity contribution >= 4 is 61.3 Å². The normalized spacial score (nSPS) is 34.6. The Morgan fingerprint density at radius 3 is 2.59 bits per heavy atom. The maximum absolute atomic E-state index is 14.1. The first-order valence-corrected chi connectivity index (χ1v) is 14.0. The highest BCUT2D eigenvalue weighted by Gasteiger charge is 2.79. The number of carbonyl (C=O) groups is 2.